The van der Waals surface area contributed by atoms with Crippen molar-refractivity contribution in [1.29, 1.82) is 0 Å². The first-order valence-corrected chi connectivity index (χ1v) is 3.11. The summed E-state index contributed by atoms with van der Waals surface area (Å²) >= 11 is 6.40. The van der Waals surface area contributed by atoms with Crippen molar-refractivity contribution in [2.75, 3.05) is 11.6 Å². The monoisotopic (exact) mass is 124 g/mol. The number of rotatable bonds is 3. The van der Waals surface area contributed by atoms with Crippen molar-refractivity contribution in [1.82, 2.24) is 0 Å². The minimum atomic E-state index is 0.559. The molecule has 0 aliphatic heterocycles. The van der Waals surface area contributed by atoms with E-state index in [0.29, 0.717) is 5.88 Å². The van der Waals surface area contributed by atoms with Gasteiger partial charge in [0.2, 0.25) is 0 Å². The fourth-order valence-corrected chi connectivity index (χ4v) is 0.545. The van der Waals surface area contributed by atoms with E-state index in [1.165, 1.54) is 11.8 Å². The van der Waals surface area contributed by atoms with E-state index in [0.717, 1.165) is 11.4 Å². The molecule has 6 heavy (non-hydrogen) atoms. The zero-order chi connectivity index (χ0) is 4.83. The third kappa shape index (κ3) is 4.31. The van der Waals surface area contributed by atoms with Crippen LogP contribution in [-0.4, -0.2) is 17.3 Å². The SMILES string of the molecule is O=CSCCCl. The van der Waals surface area contributed by atoms with Gasteiger partial charge >= 0.3 is 0 Å². The lowest BCUT2D eigenvalue weighted by atomic mass is 11.0. The van der Waals surface area contributed by atoms with E-state index in [1.54, 1.807) is 0 Å². The summed E-state index contributed by atoms with van der Waals surface area (Å²) in [7, 11) is 0. The van der Waals surface area contributed by atoms with Gasteiger partial charge in [-0.1, -0.05) is 11.8 Å². The minimum Gasteiger partial charge on any atom is -0.291 e. The molecule has 0 bridgehead atoms. The van der Waals surface area contributed by atoms with Gasteiger partial charge < -0.3 is 0 Å². The van der Waals surface area contributed by atoms with Gasteiger partial charge in [-0.3, -0.25) is 4.79 Å². The molecule has 0 aromatic heterocycles. The van der Waals surface area contributed by atoms with Gasteiger partial charge in [0, 0.05) is 11.6 Å². The van der Waals surface area contributed by atoms with Crippen molar-refractivity contribution in [3.05, 3.63) is 0 Å². The zero-order valence-electron chi connectivity index (χ0n) is 3.19. The summed E-state index contributed by atoms with van der Waals surface area (Å²) in [4.78, 5) is 9.47. The van der Waals surface area contributed by atoms with Crippen molar-refractivity contribution < 1.29 is 4.79 Å². The quantitative estimate of drug-likeness (QED) is 0.319. The Bertz CT molecular complexity index is 39.8. The van der Waals surface area contributed by atoms with Crippen LogP contribution in [0.25, 0.3) is 0 Å². The molecule has 0 aliphatic carbocycles. The molecule has 36 valence electrons. The van der Waals surface area contributed by atoms with Crippen LogP contribution in [0.3, 0.4) is 0 Å². The topological polar surface area (TPSA) is 17.1 Å². The number of thioether (sulfide) groups is 1. The van der Waals surface area contributed by atoms with Crippen LogP contribution in [0, 0.1) is 0 Å². The van der Waals surface area contributed by atoms with E-state index in [4.69, 9.17) is 11.6 Å². The molecular weight excluding hydrogens is 120 g/mol. The van der Waals surface area contributed by atoms with Crippen LogP contribution < -0.4 is 0 Å². The average Bonchev–Trinajstić information content (AvgIpc) is 1.61. The third-order valence-corrected chi connectivity index (χ3v) is 1.25. The predicted molar refractivity (Wildman–Crippen MR) is 29.9 cm³/mol. The van der Waals surface area contributed by atoms with E-state index < -0.39 is 0 Å². The van der Waals surface area contributed by atoms with Crippen molar-refractivity contribution in [2.45, 2.75) is 0 Å². The van der Waals surface area contributed by atoms with E-state index >= 15 is 0 Å². The molecule has 0 saturated heterocycles. The van der Waals surface area contributed by atoms with Crippen molar-refractivity contribution in [3.8, 4) is 0 Å². The van der Waals surface area contributed by atoms with Crippen LogP contribution in [0.2, 0.25) is 0 Å². The molecule has 0 aromatic rings. The highest BCUT2D eigenvalue weighted by Crippen LogP contribution is 1.91. The van der Waals surface area contributed by atoms with Crippen LogP contribution in [-0.2, 0) is 4.79 Å². The summed E-state index contributed by atoms with van der Waals surface area (Å²) in [6.45, 7) is 0. The number of hydrogen-bond acceptors (Lipinski definition) is 2. The molecule has 0 rings (SSSR count). The Morgan fingerprint density at radius 3 is 2.67 bits per heavy atom. The first-order valence-electron chi connectivity index (χ1n) is 1.53. The van der Waals surface area contributed by atoms with Crippen molar-refractivity contribution in [2.24, 2.45) is 0 Å². The van der Waals surface area contributed by atoms with Gasteiger partial charge in [0.05, 0.1) is 0 Å². The molecule has 0 atom stereocenters. The zero-order valence-corrected chi connectivity index (χ0v) is 4.76. The van der Waals surface area contributed by atoms with Gasteiger partial charge in [0.1, 0.15) is 0 Å². The Kier molecular flexibility index (Phi) is 5.58. The lowest BCUT2D eigenvalue weighted by molar-refractivity contribution is 0.570. The Morgan fingerprint density at radius 2 is 2.50 bits per heavy atom. The van der Waals surface area contributed by atoms with Crippen LogP contribution >= 0.6 is 23.4 Å². The second-order valence-electron chi connectivity index (χ2n) is 0.656. The molecule has 0 aromatic carbocycles. The maximum atomic E-state index is 9.47. The van der Waals surface area contributed by atoms with Crippen LogP contribution in [0.1, 0.15) is 0 Å². The molecule has 3 heteroatoms. The van der Waals surface area contributed by atoms with Gasteiger partial charge in [-0.05, 0) is 0 Å². The number of halogens is 1. The largest absolute Gasteiger partial charge is 0.291 e. The highest BCUT2D eigenvalue weighted by atomic mass is 35.5. The highest BCUT2D eigenvalue weighted by Gasteiger charge is 1.76. The standard InChI is InChI=1S/C3H5ClOS/c4-1-2-6-3-5/h3H,1-2H2. The lowest BCUT2D eigenvalue weighted by Gasteiger charge is -1.77. The number of carbonyl (C=O) groups is 1. The molecule has 0 unspecified atom stereocenters. The molecule has 0 saturated carbocycles. The molecule has 0 aliphatic rings. The van der Waals surface area contributed by atoms with Crippen LogP contribution in [0.5, 0.6) is 0 Å². The summed E-state index contributed by atoms with van der Waals surface area (Å²) in [6, 6.07) is 0. The lowest BCUT2D eigenvalue weighted by Crippen LogP contribution is -1.74. The number of hydrogen-bond donors (Lipinski definition) is 0. The second-order valence-corrected chi connectivity index (χ2v) is 1.97. The first-order chi connectivity index (χ1) is 2.91. The molecular formula is C3H5ClOS. The molecule has 0 spiro atoms. The number of alkyl halides is 1. The van der Waals surface area contributed by atoms with E-state index in [-0.39, 0.29) is 0 Å². The van der Waals surface area contributed by atoms with Crippen molar-refractivity contribution >= 4 is 29.0 Å². The Hall–Kier alpha value is 0.310. The van der Waals surface area contributed by atoms with Crippen molar-refractivity contribution in [3.63, 3.8) is 0 Å². The summed E-state index contributed by atoms with van der Waals surface area (Å²) < 4.78 is 0. The normalized spacial score (nSPS) is 8.17. The molecule has 0 heterocycles. The third-order valence-electron chi connectivity index (χ3n) is 0.263. The van der Waals surface area contributed by atoms with E-state index in [1.807, 2.05) is 0 Å². The van der Waals surface area contributed by atoms with Gasteiger partial charge in [-0.15, -0.1) is 11.6 Å². The molecule has 0 amide bonds. The van der Waals surface area contributed by atoms with Crippen LogP contribution in [0.4, 0.5) is 0 Å². The fourth-order valence-electron chi connectivity index (χ4n) is 0.0927. The summed E-state index contributed by atoms with van der Waals surface area (Å²) in [5.41, 5.74) is 0.794. The Balaban J connectivity index is 2.49. The summed E-state index contributed by atoms with van der Waals surface area (Å²) in [5, 5.41) is 0. The molecule has 0 radical (unpaired) electrons. The minimum absolute atomic E-state index is 0.559. The van der Waals surface area contributed by atoms with Gasteiger partial charge in [0.25, 0.3) is 0 Å². The maximum absolute atomic E-state index is 9.47. The predicted octanol–water partition coefficient (Wildman–Crippen LogP) is 1.15. The van der Waals surface area contributed by atoms with Crippen LogP contribution in [0.15, 0.2) is 0 Å². The smallest absolute Gasteiger partial charge is 0.176 e. The average molecular weight is 125 g/mol. The van der Waals surface area contributed by atoms with E-state index in [2.05, 4.69) is 0 Å². The maximum Gasteiger partial charge on any atom is 0.176 e. The Labute approximate surface area is 46.1 Å². The second kappa shape index (κ2) is 5.31. The summed E-state index contributed by atoms with van der Waals surface area (Å²) in [5.74, 6) is 1.29. The molecule has 0 fully saturated rings. The van der Waals surface area contributed by atoms with Gasteiger partial charge in [0.15, 0.2) is 5.62 Å². The fraction of sp³-hybridized carbons (Fsp3) is 0.667. The Morgan fingerprint density at radius 1 is 1.83 bits per heavy atom. The molecule has 1 nitrogen and oxygen atoms in total. The molecule has 0 N–H and O–H groups in total. The number of carbonyl (C=O) groups excluding carboxylic acids is 1. The summed E-state index contributed by atoms with van der Waals surface area (Å²) in [6.07, 6.45) is 0. The van der Waals surface area contributed by atoms with E-state index in [9.17, 15) is 4.79 Å². The van der Waals surface area contributed by atoms with Gasteiger partial charge in [-0.25, -0.2) is 0 Å². The highest BCUT2D eigenvalue weighted by molar-refractivity contribution is 8.11. The van der Waals surface area contributed by atoms with Gasteiger partial charge in [-0.2, -0.15) is 0 Å². The first kappa shape index (κ1) is 6.31.